The van der Waals surface area contributed by atoms with Crippen LogP contribution in [0.2, 0.25) is 0 Å². The molecule has 0 aliphatic carbocycles. The van der Waals surface area contributed by atoms with E-state index in [1.165, 1.54) is 16.9 Å². The fourth-order valence-electron chi connectivity index (χ4n) is 3.51. The van der Waals surface area contributed by atoms with E-state index in [0.717, 1.165) is 16.7 Å². The van der Waals surface area contributed by atoms with E-state index < -0.39 is 9.84 Å². The van der Waals surface area contributed by atoms with Crippen molar-refractivity contribution in [2.75, 3.05) is 6.26 Å². The molecule has 0 saturated carbocycles. The molecule has 30 heavy (non-hydrogen) atoms. The smallest absolute Gasteiger partial charge is 0.250 e. The number of rotatable bonds is 6. The molecule has 2 aromatic carbocycles. The standard InChI is InChI=1S/C23H24N2O4S/c1-16-6-4-5-7-20(16)21(17-8-11-19(12-9-17)30(3,28)29)14-22(24-27)18-10-13-23(26)25(2)15-18/h4-13,15,21,27H,14H2,1-3H3/t21-/m0/s1. The second-order valence-corrected chi connectivity index (χ2v) is 9.38. The molecule has 0 saturated heterocycles. The predicted octanol–water partition coefficient (Wildman–Crippen LogP) is 3.50. The first-order valence-electron chi connectivity index (χ1n) is 9.44. The number of oxime groups is 1. The number of hydrogen-bond acceptors (Lipinski definition) is 5. The van der Waals surface area contributed by atoms with Gasteiger partial charge in [0.2, 0.25) is 5.56 Å². The van der Waals surface area contributed by atoms with Gasteiger partial charge >= 0.3 is 0 Å². The van der Waals surface area contributed by atoms with E-state index >= 15 is 0 Å². The quantitative estimate of drug-likeness (QED) is 0.373. The summed E-state index contributed by atoms with van der Waals surface area (Å²) in [5.41, 5.74) is 3.96. The Hall–Kier alpha value is -3.19. The van der Waals surface area contributed by atoms with E-state index in [1.54, 1.807) is 43.6 Å². The zero-order chi connectivity index (χ0) is 21.9. The van der Waals surface area contributed by atoms with Gasteiger partial charge in [0, 0.05) is 43.5 Å². The van der Waals surface area contributed by atoms with Crippen molar-refractivity contribution in [3.63, 3.8) is 0 Å². The van der Waals surface area contributed by atoms with Gasteiger partial charge in [0.05, 0.1) is 10.6 Å². The van der Waals surface area contributed by atoms with Crippen LogP contribution >= 0.6 is 0 Å². The van der Waals surface area contributed by atoms with Gasteiger partial charge in [-0.2, -0.15) is 0 Å². The average Bonchev–Trinajstić information content (AvgIpc) is 2.71. The summed E-state index contributed by atoms with van der Waals surface area (Å²) in [6.45, 7) is 2.01. The predicted molar refractivity (Wildman–Crippen MR) is 117 cm³/mol. The molecule has 1 N–H and O–H groups in total. The van der Waals surface area contributed by atoms with Crippen molar-refractivity contribution >= 4 is 15.5 Å². The van der Waals surface area contributed by atoms with E-state index in [4.69, 9.17) is 0 Å². The van der Waals surface area contributed by atoms with E-state index in [1.807, 2.05) is 31.2 Å². The van der Waals surface area contributed by atoms with Crippen LogP contribution in [-0.4, -0.2) is 30.2 Å². The molecule has 1 atom stereocenters. The van der Waals surface area contributed by atoms with Gasteiger partial charge in [-0.05, 0) is 41.8 Å². The molecular formula is C23H24N2O4S. The van der Waals surface area contributed by atoms with Gasteiger partial charge in [-0.15, -0.1) is 0 Å². The Labute approximate surface area is 176 Å². The van der Waals surface area contributed by atoms with E-state index in [9.17, 15) is 18.4 Å². The third-order valence-electron chi connectivity index (χ3n) is 5.21. The Kier molecular flexibility index (Phi) is 6.22. The molecule has 0 aliphatic heterocycles. The number of hydrogen-bond donors (Lipinski definition) is 1. The molecule has 0 bridgehead atoms. The highest BCUT2D eigenvalue weighted by Crippen LogP contribution is 2.32. The van der Waals surface area contributed by atoms with Crippen molar-refractivity contribution in [2.45, 2.75) is 24.2 Å². The maximum Gasteiger partial charge on any atom is 0.250 e. The van der Waals surface area contributed by atoms with Crippen LogP contribution in [0, 0.1) is 6.92 Å². The molecule has 0 spiro atoms. The molecule has 0 fully saturated rings. The van der Waals surface area contributed by atoms with E-state index in [0.29, 0.717) is 17.7 Å². The normalized spacial score (nSPS) is 13.2. The van der Waals surface area contributed by atoms with Crippen LogP contribution < -0.4 is 5.56 Å². The fraction of sp³-hybridized carbons (Fsp3) is 0.217. The van der Waals surface area contributed by atoms with Crippen LogP contribution in [0.5, 0.6) is 0 Å². The van der Waals surface area contributed by atoms with Crippen molar-refractivity contribution in [2.24, 2.45) is 12.2 Å². The lowest BCUT2D eigenvalue weighted by atomic mass is 9.83. The van der Waals surface area contributed by atoms with Crippen LogP contribution in [0.1, 0.15) is 34.6 Å². The highest BCUT2D eigenvalue weighted by Gasteiger charge is 2.21. The summed E-state index contributed by atoms with van der Waals surface area (Å²) in [6, 6.07) is 17.8. The minimum atomic E-state index is -3.29. The van der Waals surface area contributed by atoms with Crippen molar-refractivity contribution < 1.29 is 13.6 Å². The largest absolute Gasteiger partial charge is 0.411 e. The minimum absolute atomic E-state index is 0.150. The molecule has 156 valence electrons. The van der Waals surface area contributed by atoms with Crippen molar-refractivity contribution in [3.8, 4) is 0 Å². The fourth-order valence-corrected chi connectivity index (χ4v) is 4.14. The highest BCUT2D eigenvalue weighted by atomic mass is 32.2. The highest BCUT2D eigenvalue weighted by molar-refractivity contribution is 7.90. The maximum atomic E-state index is 11.8. The topological polar surface area (TPSA) is 88.7 Å². The molecule has 3 rings (SSSR count). The summed E-state index contributed by atoms with van der Waals surface area (Å²) in [4.78, 5) is 12.0. The van der Waals surface area contributed by atoms with Crippen molar-refractivity contribution in [3.05, 3.63) is 99.5 Å². The Morgan fingerprint density at radius 2 is 1.73 bits per heavy atom. The first kappa shape index (κ1) is 21.5. The van der Waals surface area contributed by atoms with Gasteiger partial charge in [0.25, 0.3) is 0 Å². The lowest BCUT2D eigenvalue weighted by Crippen LogP contribution is -2.18. The van der Waals surface area contributed by atoms with Gasteiger partial charge in [-0.1, -0.05) is 41.6 Å². The zero-order valence-corrected chi connectivity index (χ0v) is 17.9. The van der Waals surface area contributed by atoms with Gasteiger partial charge in [-0.3, -0.25) is 4.79 Å². The summed E-state index contributed by atoms with van der Waals surface area (Å²) in [5, 5.41) is 13.2. The summed E-state index contributed by atoms with van der Waals surface area (Å²) >= 11 is 0. The zero-order valence-electron chi connectivity index (χ0n) is 17.1. The van der Waals surface area contributed by atoms with Crippen LogP contribution in [0.3, 0.4) is 0 Å². The number of aryl methyl sites for hydroxylation is 2. The van der Waals surface area contributed by atoms with Crippen molar-refractivity contribution in [1.29, 1.82) is 0 Å². The Bertz CT molecular complexity index is 1240. The molecule has 1 heterocycles. The number of sulfone groups is 1. The van der Waals surface area contributed by atoms with Crippen LogP contribution in [0.15, 0.2) is 81.7 Å². The summed E-state index contributed by atoms with van der Waals surface area (Å²) < 4.78 is 25.1. The molecule has 0 radical (unpaired) electrons. The lowest BCUT2D eigenvalue weighted by Gasteiger charge is -2.21. The van der Waals surface area contributed by atoms with Gasteiger partial charge in [-0.25, -0.2) is 8.42 Å². The number of nitrogens with zero attached hydrogens (tertiary/aromatic N) is 2. The summed E-state index contributed by atoms with van der Waals surface area (Å²) in [5.74, 6) is -0.164. The van der Waals surface area contributed by atoms with Crippen molar-refractivity contribution in [1.82, 2.24) is 4.57 Å². The third-order valence-corrected chi connectivity index (χ3v) is 6.34. The number of aromatic nitrogens is 1. The maximum absolute atomic E-state index is 11.8. The van der Waals surface area contributed by atoms with E-state index in [-0.39, 0.29) is 16.4 Å². The van der Waals surface area contributed by atoms with Crippen LogP contribution in [0.25, 0.3) is 0 Å². The lowest BCUT2D eigenvalue weighted by molar-refractivity contribution is 0.317. The first-order chi connectivity index (χ1) is 14.2. The molecule has 7 heteroatoms. The van der Waals surface area contributed by atoms with Crippen LogP contribution in [-0.2, 0) is 16.9 Å². The molecule has 1 aromatic heterocycles. The molecule has 0 amide bonds. The number of pyridine rings is 1. The molecule has 0 unspecified atom stereocenters. The first-order valence-corrected chi connectivity index (χ1v) is 11.3. The number of benzene rings is 2. The molecule has 0 aliphatic rings. The van der Waals surface area contributed by atoms with Gasteiger partial charge in [0.1, 0.15) is 0 Å². The third kappa shape index (κ3) is 4.68. The molecule has 3 aromatic rings. The SMILES string of the molecule is Cc1ccccc1[C@@H](CC(=NO)c1ccc(=O)n(C)c1)c1ccc(S(C)(=O)=O)cc1. The average molecular weight is 425 g/mol. The molecule has 6 nitrogen and oxygen atoms in total. The van der Waals surface area contributed by atoms with Gasteiger partial charge < -0.3 is 9.77 Å². The van der Waals surface area contributed by atoms with E-state index in [2.05, 4.69) is 5.16 Å². The second-order valence-electron chi connectivity index (χ2n) is 7.37. The Balaban J connectivity index is 2.07. The monoisotopic (exact) mass is 424 g/mol. The molecular weight excluding hydrogens is 400 g/mol. The Morgan fingerprint density at radius 3 is 2.30 bits per heavy atom. The minimum Gasteiger partial charge on any atom is -0.411 e. The Morgan fingerprint density at radius 1 is 1.07 bits per heavy atom. The van der Waals surface area contributed by atoms with Crippen LogP contribution in [0.4, 0.5) is 0 Å². The van der Waals surface area contributed by atoms with Gasteiger partial charge in [0.15, 0.2) is 9.84 Å². The summed E-state index contributed by atoms with van der Waals surface area (Å²) in [6.07, 6.45) is 3.19. The summed E-state index contributed by atoms with van der Waals surface area (Å²) in [7, 11) is -1.65. The second kappa shape index (κ2) is 8.67.